The molecule has 0 spiro atoms. The summed E-state index contributed by atoms with van der Waals surface area (Å²) in [5, 5.41) is 0. The van der Waals surface area contributed by atoms with E-state index in [2.05, 4.69) is 29.9 Å². The molecule has 0 radical (unpaired) electrons. The van der Waals surface area contributed by atoms with Crippen LogP contribution in [0.1, 0.15) is 37.9 Å². The van der Waals surface area contributed by atoms with Crippen molar-refractivity contribution in [3.05, 3.63) is 24.0 Å². The summed E-state index contributed by atoms with van der Waals surface area (Å²) < 4.78 is 5.40. The fourth-order valence-corrected chi connectivity index (χ4v) is 2.47. The molecule has 0 bridgehead atoms. The molecule has 1 aliphatic rings. The van der Waals surface area contributed by atoms with E-state index in [1.165, 1.54) is 5.69 Å². The lowest BCUT2D eigenvalue weighted by Gasteiger charge is -2.28. The summed E-state index contributed by atoms with van der Waals surface area (Å²) in [7, 11) is 2.13. The van der Waals surface area contributed by atoms with Crippen molar-refractivity contribution >= 4 is 5.69 Å². The summed E-state index contributed by atoms with van der Waals surface area (Å²) in [6, 6.07) is 4.22. The van der Waals surface area contributed by atoms with Crippen molar-refractivity contribution < 1.29 is 4.74 Å². The number of anilines is 1. The van der Waals surface area contributed by atoms with Crippen molar-refractivity contribution in [2.24, 2.45) is 11.7 Å². The van der Waals surface area contributed by atoms with E-state index < -0.39 is 0 Å². The predicted molar refractivity (Wildman–Crippen MR) is 78.3 cm³/mol. The minimum Gasteiger partial charge on any atom is -0.381 e. The molecule has 4 heteroatoms. The Morgan fingerprint density at radius 1 is 1.42 bits per heavy atom. The van der Waals surface area contributed by atoms with E-state index in [9.17, 15) is 0 Å². The van der Waals surface area contributed by atoms with Gasteiger partial charge in [-0.2, -0.15) is 0 Å². The Bertz CT molecular complexity index is 373. The molecule has 1 saturated heterocycles. The summed E-state index contributed by atoms with van der Waals surface area (Å²) in [6.45, 7) is 4.96. The van der Waals surface area contributed by atoms with Crippen LogP contribution in [-0.4, -0.2) is 31.8 Å². The molecule has 0 saturated carbocycles. The van der Waals surface area contributed by atoms with Crippen LogP contribution in [0, 0.1) is 5.92 Å². The van der Waals surface area contributed by atoms with Crippen LogP contribution in [0.15, 0.2) is 18.3 Å². The molecule has 1 aromatic heterocycles. The van der Waals surface area contributed by atoms with Crippen molar-refractivity contribution in [2.45, 2.75) is 32.2 Å². The Morgan fingerprint density at radius 3 is 2.74 bits per heavy atom. The average molecular weight is 263 g/mol. The van der Waals surface area contributed by atoms with E-state index in [1.54, 1.807) is 0 Å². The predicted octanol–water partition coefficient (Wildman–Crippen LogP) is 2.35. The van der Waals surface area contributed by atoms with Crippen LogP contribution >= 0.6 is 0 Å². The molecule has 4 nitrogen and oxygen atoms in total. The second kappa shape index (κ2) is 6.87. The second-order valence-electron chi connectivity index (χ2n) is 5.39. The molecule has 2 N–H and O–H groups in total. The van der Waals surface area contributed by atoms with Crippen molar-refractivity contribution in [1.29, 1.82) is 0 Å². The standard InChI is InChI=1S/C15H25N3O/c1-3-14(16)15-5-4-13(10-17-15)18(2)11-12-6-8-19-9-7-12/h4-5,10,12,14H,3,6-9,11,16H2,1-2H3. The van der Waals surface area contributed by atoms with Crippen LogP contribution in [-0.2, 0) is 4.74 Å². The van der Waals surface area contributed by atoms with Crippen molar-refractivity contribution in [1.82, 2.24) is 4.98 Å². The summed E-state index contributed by atoms with van der Waals surface area (Å²) in [5.74, 6) is 0.733. The molecule has 1 unspecified atom stereocenters. The van der Waals surface area contributed by atoms with Crippen LogP contribution in [0.25, 0.3) is 0 Å². The summed E-state index contributed by atoms with van der Waals surface area (Å²) in [4.78, 5) is 6.75. The third-order valence-electron chi connectivity index (χ3n) is 3.90. The van der Waals surface area contributed by atoms with Gasteiger partial charge in [0, 0.05) is 32.8 Å². The highest BCUT2D eigenvalue weighted by Crippen LogP contribution is 2.20. The molecular weight excluding hydrogens is 238 g/mol. The lowest BCUT2D eigenvalue weighted by molar-refractivity contribution is 0.0685. The number of pyridine rings is 1. The van der Waals surface area contributed by atoms with E-state index in [-0.39, 0.29) is 6.04 Å². The van der Waals surface area contributed by atoms with Gasteiger partial charge in [0.2, 0.25) is 0 Å². The molecule has 1 fully saturated rings. The largest absolute Gasteiger partial charge is 0.381 e. The highest BCUT2D eigenvalue weighted by molar-refractivity contribution is 5.43. The monoisotopic (exact) mass is 263 g/mol. The first-order valence-corrected chi connectivity index (χ1v) is 7.21. The molecule has 1 aromatic rings. The van der Waals surface area contributed by atoms with E-state index in [1.807, 2.05) is 12.3 Å². The molecule has 2 heterocycles. The van der Waals surface area contributed by atoms with Gasteiger partial charge in [-0.1, -0.05) is 6.92 Å². The van der Waals surface area contributed by atoms with Crippen LogP contribution in [0.2, 0.25) is 0 Å². The minimum absolute atomic E-state index is 0.0508. The van der Waals surface area contributed by atoms with Gasteiger partial charge in [-0.3, -0.25) is 4.98 Å². The Kier molecular flexibility index (Phi) is 5.16. The van der Waals surface area contributed by atoms with Gasteiger partial charge in [-0.15, -0.1) is 0 Å². The van der Waals surface area contributed by atoms with Crippen LogP contribution in [0.4, 0.5) is 5.69 Å². The third kappa shape index (κ3) is 3.91. The van der Waals surface area contributed by atoms with Gasteiger partial charge in [0.1, 0.15) is 0 Å². The highest BCUT2D eigenvalue weighted by Gasteiger charge is 2.16. The average Bonchev–Trinajstić information content (AvgIpc) is 2.47. The number of ether oxygens (including phenoxy) is 1. The van der Waals surface area contributed by atoms with Gasteiger partial charge in [-0.25, -0.2) is 0 Å². The van der Waals surface area contributed by atoms with Gasteiger partial charge in [0.05, 0.1) is 17.6 Å². The summed E-state index contributed by atoms with van der Waals surface area (Å²) in [6.07, 6.45) is 5.18. The fourth-order valence-electron chi connectivity index (χ4n) is 2.47. The van der Waals surface area contributed by atoms with Gasteiger partial charge in [0.15, 0.2) is 0 Å². The quantitative estimate of drug-likeness (QED) is 0.886. The Morgan fingerprint density at radius 2 is 2.16 bits per heavy atom. The first-order valence-electron chi connectivity index (χ1n) is 7.21. The minimum atomic E-state index is 0.0508. The smallest absolute Gasteiger partial charge is 0.0572 e. The van der Waals surface area contributed by atoms with Crippen LogP contribution < -0.4 is 10.6 Å². The maximum absolute atomic E-state index is 5.98. The lowest BCUT2D eigenvalue weighted by atomic mass is 10.00. The van der Waals surface area contributed by atoms with Crippen molar-refractivity contribution in [3.63, 3.8) is 0 Å². The van der Waals surface area contributed by atoms with Crippen LogP contribution in [0.3, 0.4) is 0 Å². The van der Waals surface area contributed by atoms with Gasteiger partial charge in [-0.05, 0) is 37.3 Å². The number of hydrogen-bond donors (Lipinski definition) is 1. The van der Waals surface area contributed by atoms with Crippen LogP contribution in [0.5, 0.6) is 0 Å². The van der Waals surface area contributed by atoms with E-state index >= 15 is 0 Å². The Labute approximate surface area is 116 Å². The molecule has 106 valence electrons. The zero-order chi connectivity index (χ0) is 13.7. The number of rotatable bonds is 5. The first-order chi connectivity index (χ1) is 9.20. The number of nitrogens with two attached hydrogens (primary N) is 1. The zero-order valence-electron chi connectivity index (χ0n) is 12.0. The van der Waals surface area contributed by atoms with E-state index in [0.717, 1.165) is 50.6 Å². The second-order valence-corrected chi connectivity index (χ2v) is 5.39. The van der Waals surface area contributed by atoms with Gasteiger partial charge >= 0.3 is 0 Å². The Balaban J connectivity index is 1.93. The molecule has 1 aliphatic heterocycles. The SMILES string of the molecule is CCC(N)c1ccc(N(C)CC2CCOCC2)cn1. The first kappa shape index (κ1) is 14.3. The van der Waals surface area contributed by atoms with E-state index in [4.69, 9.17) is 10.5 Å². The van der Waals surface area contributed by atoms with E-state index in [0.29, 0.717) is 0 Å². The summed E-state index contributed by atoms with van der Waals surface area (Å²) >= 11 is 0. The Hall–Kier alpha value is -1.13. The molecular formula is C15H25N3O. The fraction of sp³-hybridized carbons (Fsp3) is 0.667. The van der Waals surface area contributed by atoms with Gasteiger partial charge in [0.25, 0.3) is 0 Å². The van der Waals surface area contributed by atoms with Gasteiger partial charge < -0.3 is 15.4 Å². The maximum atomic E-state index is 5.98. The molecule has 1 atom stereocenters. The maximum Gasteiger partial charge on any atom is 0.0572 e. The zero-order valence-corrected chi connectivity index (χ0v) is 12.0. The molecule has 0 aromatic carbocycles. The third-order valence-corrected chi connectivity index (χ3v) is 3.90. The number of aromatic nitrogens is 1. The molecule has 2 rings (SSSR count). The van der Waals surface area contributed by atoms with Crippen molar-refractivity contribution in [3.8, 4) is 0 Å². The summed E-state index contributed by atoms with van der Waals surface area (Å²) in [5.41, 5.74) is 8.12. The number of nitrogens with zero attached hydrogens (tertiary/aromatic N) is 2. The highest BCUT2D eigenvalue weighted by atomic mass is 16.5. The molecule has 19 heavy (non-hydrogen) atoms. The lowest BCUT2D eigenvalue weighted by Crippen LogP contribution is -2.29. The number of hydrogen-bond acceptors (Lipinski definition) is 4. The normalized spacial score (nSPS) is 18.3. The molecule has 0 aliphatic carbocycles. The molecule has 0 amide bonds. The van der Waals surface area contributed by atoms with Crippen molar-refractivity contribution in [2.75, 3.05) is 31.7 Å². The topological polar surface area (TPSA) is 51.4 Å².